The average Bonchev–Trinajstić information content (AvgIpc) is 3.11. The van der Waals surface area contributed by atoms with E-state index in [2.05, 4.69) is 30.7 Å². The minimum atomic E-state index is -0.414. The lowest BCUT2D eigenvalue weighted by Crippen LogP contribution is -2.23. The summed E-state index contributed by atoms with van der Waals surface area (Å²) in [7, 11) is 0. The molecule has 0 aliphatic carbocycles. The van der Waals surface area contributed by atoms with E-state index in [-0.39, 0.29) is 12.5 Å². The lowest BCUT2D eigenvalue weighted by Gasteiger charge is -2.09. The number of amides is 1. The molecule has 0 fully saturated rings. The first kappa shape index (κ1) is 17.5. The molecular weight excluding hydrogens is 361 g/mol. The topological polar surface area (TPSA) is 97.1 Å². The third-order valence-corrected chi connectivity index (χ3v) is 3.90. The number of halogens is 1. The number of benzene rings is 1. The predicted octanol–water partition coefficient (Wildman–Crippen LogP) is 2.68. The Bertz CT molecular complexity index is 1140. The standard InChI is InChI=1S/C19H16FN7O/c1-12-8-16(22-11-17(28)24-15-6-2-5-14(20)9-15)27-19(23-12)25-18(26-27)13-4-3-7-21-10-13/h2-10,22H,11H2,1H3,(H,24,28). The van der Waals surface area contributed by atoms with Crippen LogP contribution in [-0.2, 0) is 4.79 Å². The minimum absolute atomic E-state index is 0.0306. The fourth-order valence-corrected chi connectivity index (χ4v) is 2.67. The lowest BCUT2D eigenvalue weighted by atomic mass is 10.3. The Morgan fingerprint density at radius 3 is 2.86 bits per heavy atom. The monoisotopic (exact) mass is 377 g/mol. The SMILES string of the molecule is Cc1cc(NCC(=O)Nc2cccc(F)c2)n2nc(-c3cccnc3)nc2n1. The van der Waals surface area contributed by atoms with E-state index in [0.29, 0.717) is 23.1 Å². The van der Waals surface area contributed by atoms with Crippen LogP contribution in [0.5, 0.6) is 0 Å². The molecule has 3 heterocycles. The van der Waals surface area contributed by atoms with Crippen LogP contribution in [0.1, 0.15) is 5.69 Å². The van der Waals surface area contributed by atoms with Gasteiger partial charge in [-0.05, 0) is 37.3 Å². The molecule has 1 aromatic carbocycles. The number of aromatic nitrogens is 5. The van der Waals surface area contributed by atoms with E-state index in [4.69, 9.17) is 0 Å². The molecule has 2 N–H and O–H groups in total. The Morgan fingerprint density at radius 1 is 1.18 bits per heavy atom. The number of hydrogen-bond acceptors (Lipinski definition) is 6. The molecule has 4 rings (SSSR count). The highest BCUT2D eigenvalue weighted by molar-refractivity contribution is 5.93. The minimum Gasteiger partial charge on any atom is -0.361 e. The molecule has 28 heavy (non-hydrogen) atoms. The van der Waals surface area contributed by atoms with Gasteiger partial charge in [0, 0.05) is 35.4 Å². The number of fused-ring (bicyclic) bond motifs is 1. The van der Waals surface area contributed by atoms with Gasteiger partial charge in [-0.3, -0.25) is 9.78 Å². The van der Waals surface area contributed by atoms with E-state index in [1.807, 2.05) is 13.0 Å². The van der Waals surface area contributed by atoms with Crippen LogP contribution < -0.4 is 10.6 Å². The number of pyridine rings is 1. The van der Waals surface area contributed by atoms with E-state index in [1.165, 1.54) is 22.7 Å². The molecule has 0 saturated carbocycles. The van der Waals surface area contributed by atoms with Gasteiger partial charge in [0.15, 0.2) is 5.82 Å². The van der Waals surface area contributed by atoms with Crippen molar-refractivity contribution in [3.63, 3.8) is 0 Å². The van der Waals surface area contributed by atoms with E-state index in [1.54, 1.807) is 30.6 Å². The van der Waals surface area contributed by atoms with Gasteiger partial charge < -0.3 is 10.6 Å². The summed E-state index contributed by atoms with van der Waals surface area (Å²) in [5.41, 5.74) is 1.88. The maximum atomic E-state index is 13.2. The quantitative estimate of drug-likeness (QED) is 0.555. The number of carbonyl (C=O) groups is 1. The van der Waals surface area contributed by atoms with Crippen molar-refractivity contribution in [1.82, 2.24) is 24.6 Å². The van der Waals surface area contributed by atoms with Crippen molar-refractivity contribution in [3.05, 3.63) is 66.4 Å². The maximum Gasteiger partial charge on any atom is 0.254 e. The van der Waals surface area contributed by atoms with Gasteiger partial charge >= 0.3 is 0 Å². The summed E-state index contributed by atoms with van der Waals surface area (Å²) in [6, 6.07) is 11.1. The molecule has 0 spiro atoms. The number of anilines is 2. The number of aryl methyl sites for hydroxylation is 1. The molecule has 0 saturated heterocycles. The highest BCUT2D eigenvalue weighted by atomic mass is 19.1. The van der Waals surface area contributed by atoms with Crippen molar-refractivity contribution in [2.45, 2.75) is 6.92 Å². The number of nitrogens with one attached hydrogen (secondary N) is 2. The molecule has 0 radical (unpaired) electrons. The summed E-state index contributed by atoms with van der Waals surface area (Å²) in [4.78, 5) is 25.1. The van der Waals surface area contributed by atoms with Crippen LogP contribution >= 0.6 is 0 Å². The van der Waals surface area contributed by atoms with Crippen molar-refractivity contribution in [3.8, 4) is 11.4 Å². The zero-order valence-corrected chi connectivity index (χ0v) is 14.9. The Balaban J connectivity index is 1.54. The van der Waals surface area contributed by atoms with Gasteiger partial charge in [0.25, 0.3) is 5.78 Å². The van der Waals surface area contributed by atoms with Crippen LogP contribution in [-0.4, -0.2) is 37.0 Å². The van der Waals surface area contributed by atoms with Crippen LogP contribution in [0, 0.1) is 12.7 Å². The summed E-state index contributed by atoms with van der Waals surface area (Å²) in [5.74, 6) is 0.730. The van der Waals surface area contributed by atoms with Crippen molar-refractivity contribution >= 4 is 23.2 Å². The highest BCUT2D eigenvalue weighted by Gasteiger charge is 2.12. The van der Waals surface area contributed by atoms with E-state index in [0.717, 1.165) is 11.3 Å². The molecule has 4 aromatic rings. The van der Waals surface area contributed by atoms with Crippen LogP contribution in [0.4, 0.5) is 15.9 Å². The second-order valence-corrected chi connectivity index (χ2v) is 6.08. The Morgan fingerprint density at radius 2 is 2.07 bits per heavy atom. The van der Waals surface area contributed by atoms with Gasteiger partial charge in [-0.15, -0.1) is 5.10 Å². The number of nitrogens with zero attached hydrogens (tertiary/aromatic N) is 5. The molecule has 9 heteroatoms. The van der Waals surface area contributed by atoms with Crippen LogP contribution in [0.15, 0.2) is 54.9 Å². The zero-order chi connectivity index (χ0) is 19.5. The first-order chi connectivity index (χ1) is 13.6. The van der Waals surface area contributed by atoms with E-state index >= 15 is 0 Å². The largest absolute Gasteiger partial charge is 0.361 e. The first-order valence-electron chi connectivity index (χ1n) is 8.52. The molecule has 0 aliphatic rings. The Kier molecular flexibility index (Phi) is 4.63. The Hall–Kier alpha value is -3.88. The van der Waals surface area contributed by atoms with Crippen molar-refractivity contribution in [1.29, 1.82) is 0 Å². The number of carbonyl (C=O) groups excluding carboxylic acids is 1. The van der Waals surface area contributed by atoms with E-state index in [9.17, 15) is 9.18 Å². The maximum absolute atomic E-state index is 13.2. The summed E-state index contributed by atoms with van der Waals surface area (Å²) >= 11 is 0. The first-order valence-corrected chi connectivity index (χ1v) is 8.52. The van der Waals surface area contributed by atoms with Gasteiger partial charge in [-0.25, -0.2) is 9.37 Å². The van der Waals surface area contributed by atoms with E-state index < -0.39 is 5.82 Å². The lowest BCUT2D eigenvalue weighted by molar-refractivity contribution is -0.114. The molecule has 3 aromatic heterocycles. The second kappa shape index (κ2) is 7.39. The van der Waals surface area contributed by atoms with Gasteiger partial charge in [0.2, 0.25) is 5.91 Å². The second-order valence-electron chi connectivity index (χ2n) is 6.08. The Labute approximate surface area is 159 Å². The molecule has 8 nitrogen and oxygen atoms in total. The van der Waals surface area contributed by atoms with Gasteiger partial charge in [0.05, 0.1) is 6.54 Å². The fourth-order valence-electron chi connectivity index (χ4n) is 2.67. The number of hydrogen-bond donors (Lipinski definition) is 2. The number of rotatable bonds is 5. The van der Waals surface area contributed by atoms with Crippen molar-refractivity contribution in [2.24, 2.45) is 0 Å². The third kappa shape index (κ3) is 3.78. The smallest absolute Gasteiger partial charge is 0.254 e. The zero-order valence-electron chi connectivity index (χ0n) is 14.9. The van der Waals surface area contributed by atoms with Crippen LogP contribution in [0.3, 0.4) is 0 Å². The van der Waals surface area contributed by atoms with Gasteiger partial charge in [-0.1, -0.05) is 6.07 Å². The van der Waals surface area contributed by atoms with Crippen molar-refractivity contribution < 1.29 is 9.18 Å². The van der Waals surface area contributed by atoms with Crippen LogP contribution in [0.25, 0.3) is 17.2 Å². The molecule has 1 amide bonds. The summed E-state index contributed by atoms with van der Waals surface area (Å²) in [5, 5.41) is 10.1. The molecule has 140 valence electrons. The summed E-state index contributed by atoms with van der Waals surface area (Å²) in [6.45, 7) is 1.80. The predicted molar refractivity (Wildman–Crippen MR) is 102 cm³/mol. The fraction of sp³-hybridized carbons (Fsp3) is 0.105. The van der Waals surface area contributed by atoms with Crippen LogP contribution in [0.2, 0.25) is 0 Å². The molecule has 0 bridgehead atoms. The molecule has 0 unspecified atom stereocenters. The van der Waals surface area contributed by atoms with Crippen molar-refractivity contribution in [2.75, 3.05) is 17.2 Å². The summed E-state index contributed by atoms with van der Waals surface area (Å²) in [6.07, 6.45) is 3.34. The molecular formula is C19H16FN7O. The average molecular weight is 377 g/mol. The molecule has 0 atom stereocenters. The molecule has 0 aliphatic heterocycles. The van der Waals surface area contributed by atoms with Gasteiger partial charge in [0.1, 0.15) is 11.6 Å². The van der Waals surface area contributed by atoms with Gasteiger partial charge in [-0.2, -0.15) is 9.50 Å². The highest BCUT2D eigenvalue weighted by Crippen LogP contribution is 2.17. The third-order valence-electron chi connectivity index (χ3n) is 3.90. The normalized spacial score (nSPS) is 10.8. The summed E-state index contributed by atoms with van der Waals surface area (Å²) < 4.78 is 14.8.